The molecule has 0 radical (unpaired) electrons. The van der Waals surface area contributed by atoms with E-state index in [4.69, 9.17) is 5.11 Å². The zero-order chi connectivity index (χ0) is 19.2. The predicted molar refractivity (Wildman–Crippen MR) is 110 cm³/mol. The molecule has 4 saturated carbocycles. The monoisotopic (exact) mass is 374 g/mol. The van der Waals surface area contributed by atoms with Gasteiger partial charge in [0.25, 0.3) is 0 Å². The number of carboxylic acid groups (broad SMARTS) is 1. The number of carbonyl (C=O) groups is 1. The summed E-state index contributed by atoms with van der Waals surface area (Å²) in [7, 11) is 0. The van der Waals surface area contributed by atoms with E-state index in [0.29, 0.717) is 23.2 Å². The summed E-state index contributed by atoms with van der Waals surface area (Å²) in [6.45, 7) is 7.73. The second-order valence-corrected chi connectivity index (χ2v) is 11.4. The smallest absolute Gasteiger partial charge is 0.303 e. The Morgan fingerprint density at radius 3 is 2.52 bits per heavy atom. The van der Waals surface area contributed by atoms with Gasteiger partial charge < -0.3 is 5.11 Å². The zero-order valence-electron chi connectivity index (χ0n) is 18.0. The van der Waals surface area contributed by atoms with Crippen molar-refractivity contribution in [2.75, 3.05) is 0 Å². The molecule has 8 atom stereocenters. The summed E-state index contributed by atoms with van der Waals surface area (Å²) in [5.74, 6) is 4.84. The summed E-state index contributed by atoms with van der Waals surface area (Å²) in [4.78, 5) is 10.9. The number of aliphatic carboxylic acids is 1. The minimum absolute atomic E-state index is 0.349. The van der Waals surface area contributed by atoms with E-state index in [9.17, 15) is 4.79 Å². The first-order valence-electron chi connectivity index (χ1n) is 12.1. The summed E-state index contributed by atoms with van der Waals surface area (Å²) < 4.78 is 0. The molecule has 0 aromatic carbocycles. The van der Waals surface area contributed by atoms with Crippen LogP contribution in [0.1, 0.15) is 104 Å². The Kier molecular flexibility index (Phi) is 5.40. The maximum atomic E-state index is 10.9. The van der Waals surface area contributed by atoms with Gasteiger partial charge in [-0.2, -0.15) is 0 Å². The van der Waals surface area contributed by atoms with E-state index < -0.39 is 5.97 Å². The van der Waals surface area contributed by atoms with E-state index in [0.717, 1.165) is 42.4 Å². The fourth-order valence-corrected chi connectivity index (χ4v) is 9.05. The lowest BCUT2D eigenvalue weighted by Crippen LogP contribution is -2.53. The Labute approximate surface area is 166 Å². The van der Waals surface area contributed by atoms with Crippen LogP contribution in [0.15, 0.2) is 0 Å². The first kappa shape index (κ1) is 19.8. The van der Waals surface area contributed by atoms with Crippen molar-refractivity contribution in [3.05, 3.63) is 0 Å². The Morgan fingerprint density at radius 2 is 1.74 bits per heavy atom. The average Bonchev–Trinajstić information content (AvgIpc) is 2.98. The maximum Gasteiger partial charge on any atom is 0.303 e. The minimum atomic E-state index is -0.629. The van der Waals surface area contributed by atoms with Gasteiger partial charge in [0.05, 0.1) is 0 Å². The Bertz CT molecular complexity index is 557. The van der Waals surface area contributed by atoms with Crippen molar-refractivity contribution in [3.63, 3.8) is 0 Å². The van der Waals surface area contributed by atoms with Crippen molar-refractivity contribution in [2.24, 2.45) is 46.3 Å². The Morgan fingerprint density at radius 1 is 0.963 bits per heavy atom. The topological polar surface area (TPSA) is 37.3 Å². The van der Waals surface area contributed by atoms with E-state index in [2.05, 4.69) is 20.8 Å². The van der Waals surface area contributed by atoms with Crippen LogP contribution in [0, 0.1) is 46.3 Å². The highest BCUT2D eigenvalue weighted by atomic mass is 16.4. The number of fused-ring (bicyclic) bond motifs is 5. The van der Waals surface area contributed by atoms with E-state index in [1.807, 2.05) is 0 Å². The molecule has 0 bridgehead atoms. The zero-order valence-corrected chi connectivity index (χ0v) is 18.0. The molecule has 2 nitrogen and oxygen atoms in total. The van der Waals surface area contributed by atoms with Crippen molar-refractivity contribution >= 4 is 5.97 Å². The molecule has 0 amide bonds. The molecule has 4 fully saturated rings. The molecule has 0 aromatic heterocycles. The summed E-state index contributed by atoms with van der Waals surface area (Å²) in [6.07, 6.45) is 17.0. The first-order valence-corrected chi connectivity index (χ1v) is 12.1. The fraction of sp³-hybridized carbons (Fsp3) is 0.960. The van der Waals surface area contributed by atoms with E-state index >= 15 is 0 Å². The molecular weight excluding hydrogens is 332 g/mol. The third-order valence-corrected chi connectivity index (χ3v) is 10.4. The largest absolute Gasteiger partial charge is 0.481 e. The number of hydrogen-bond acceptors (Lipinski definition) is 1. The molecule has 1 N–H and O–H groups in total. The molecule has 27 heavy (non-hydrogen) atoms. The lowest BCUT2D eigenvalue weighted by Gasteiger charge is -2.61. The molecule has 4 rings (SSSR count). The normalized spacial score (nSPS) is 47.6. The van der Waals surface area contributed by atoms with Crippen LogP contribution in [-0.4, -0.2) is 11.1 Å². The van der Waals surface area contributed by atoms with Crippen molar-refractivity contribution in [1.82, 2.24) is 0 Å². The van der Waals surface area contributed by atoms with Crippen LogP contribution in [0.4, 0.5) is 0 Å². The SMILES string of the molecule is C[C@H](CCCC(=O)O)[C@H]1CC[C@H]2[C@@H]3CCC4CCCC[C@]4(C)[C@H]3CC[C@]12C. The van der Waals surface area contributed by atoms with Crippen LogP contribution in [0.25, 0.3) is 0 Å². The molecule has 0 spiro atoms. The number of rotatable bonds is 5. The van der Waals surface area contributed by atoms with Crippen LogP contribution in [-0.2, 0) is 4.79 Å². The molecule has 4 aliphatic rings. The summed E-state index contributed by atoms with van der Waals surface area (Å²) in [5.41, 5.74) is 1.18. The highest BCUT2D eigenvalue weighted by Gasteiger charge is 2.59. The molecule has 0 heterocycles. The van der Waals surface area contributed by atoms with Crippen molar-refractivity contribution in [3.8, 4) is 0 Å². The van der Waals surface area contributed by atoms with Crippen LogP contribution in [0.5, 0.6) is 0 Å². The average molecular weight is 375 g/mol. The van der Waals surface area contributed by atoms with Gasteiger partial charge in [0.1, 0.15) is 0 Å². The fourth-order valence-electron chi connectivity index (χ4n) is 9.05. The van der Waals surface area contributed by atoms with E-state index in [1.165, 1.54) is 64.2 Å². The molecule has 2 heteroatoms. The Balaban J connectivity index is 1.47. The van der Waals surface area contributed by atoms with Gasteiger partial charge in [0, 0.05) is 6.42 Å². The Hall–Kier alpha value is -0.530. The summed E-state index contributed by atoms with van der Waals surface area (Å²) in [5, 5.41) is 8.98. The molecule has 0 saturated heterocycles. The molecule has 154 valence electrons. The molecular formula is C25H42O2. The van der Waals surface area contributed by atoms with Gasteiger partial charge in [-0.25, -0.2) is 0 Å². The van der Waals surface area contributed by atoms with E-state index in [1.54, 1.807) is 0 Å². The first-order chi connectivity index (χ1) is 12.9. The second kappa shape index (κ2) is 7.38. The van der Waals surface area contributed by atoms with Gasteiger partial charge in [-0.05, 0) is 111 Å². The van der Waals surface area contributed by atoms with Crippen LogP contribution < -0.4 is 0 Å². The third-order valence-electron chi connectivity index (χ3n) is 10.4. The van der Waals surface area contributed by atoms with Gasteiger partial charge in [0.15, 0.2) is 0 Å². The van der Waals surface area contributed by atoms with Gasteiger partial charge in [-0.1, -0.05) is 33.6 Å². The van der Waals surface area contributed by atoms with Crippen LogP contribution in [0.3, 0.4) is 0 Å². The quantitative estimate of drug-likeness (QED) is 0.566. The standard InChI is InChI=1S/C25H42O2/c1-17(7-6-9-23(26)27)20-12-13-21-19-11-10-18-8-4-5-15-24(18,2)22(19)14-16-25(20,21)3/h17-22H,4-16H2,1-3H3,(H,26,27)/t17-,18?,19+,20-,21+,22+,24+,25-/m1/s1. The minimum Gasteiger partial charge on any atom is -0.481 e. The summed E-state index contributed by atoms with van der Waals surface area (Å²) in [6, 6.07) is 0. The highest BCUT2D eigenvalue weighted by Crippen LogP contribution is 2.68. The second-order valence-electron chi connectivity index (χ2n) is 11.4. The molecule has 0 aromatic rings. The molecule has 0 aliphatic heterocycles. The molecule has 1 unspecified atom stereocenters. The highest BCUT2D eigenvalue weighted by molar-refractivity contribution is 5.66. The van der Waals surface area contributed by atoms with Crippen molar-refractivity contribution in [1.29, 1.82) is 0 Å². The number of hydrogen-bond donors (Lipinski definition) is 1. The van der Waals surface area contributed by atoms with Crippen molar-refractivity contribution < 1.29 is 9.90 Å². The number of carboxylic acids is 1. The van der Waals surface area contributed by atoms with Gasteiger partial charge >= 0.3 is 5.97 Å². The summed E-state index contributed by atoms with van der Waals surface area (Å²) >= 11 is 0. The molecule has 4 aliphatic carbocycles. The third kappa shape index (κ3) is 3.27. The van der Waals surface area contributed by atoms with Crippen LogP contribution in [0.2, 0.25) is 0 Å². The van der Waals surface area contributed by atoms with Gasteiger partial charge in [-0.3, -0.25) is 4.79 Å². The predicted octanol–water partition coefficient (Wildman–Crippen LogP) is 6.93. The van der Waals surface area contributed by atoms with Gasteiger partial charge in [0.2, 0.25) is 0 Å². The maximum absolute atomic E-state index is 10.9. The van der Waals surface area contributed by atoms with E-state index in [-0.39, 0.29) is 0 Å². The van der Waals surface area contributed by atoms with Crippen molar-refractivity contribution in [2.45, 2.75) is 104 Å². The lowest BCUT2D eigenvalue weighted by molar-refractivity contribution is -0.137. The lowest BCUT2D eigenvalue weighted by atomic mass is 9.44. The van der Waals surface area contributed by atoms with Crippen LogP contribution >= 0.6 is 0 Å². The van der Waals surface area contributed by atoms with Gasteiger partial charge in [-0.15, -0.1) is 0 Å².